The Kier molecular flexibility index (Phi) is 133. The Labute approximate surface area is 691 Å². The molecule has 104 heavy (non-hydrogen) atoms. The summed E-state index contributed by atoms with van der Waals surface area (Å²) in [7, 11) is 1.41. The molecule has 0 spiro atoms. The van der Waals surface area contributed by atoms with Gasteiger partial charge in [-0.15, -0.1) is 0 Å². The number of carbonyl (C=O) groups is 9. The first-order valence-corrected chi connectivity index (χ1v) is 42.7. The minimum Gasteiger partial charge on any atom is -0.548 e. The molecule has 0 aliphatic heterocycles. The molecule has 0 aliphatic carbocycles. The standard InChI is InChI=1S/C18H35O.2C14H28O2.C8H20Si.3C5H9NO4.3C2H5O.2Al.2Na.HO/c1-2-3-4-5-6-7-8-9-10-11-12-13-14-15-16-17-18-19;2*1-2-3-4-5-6-7-8-9-10-11-12-13-14(15)16;1-2-3-4-5-6-7-8-9;3*6-3(5(9)10)1-2-4(7)8;3*1-2-3;;;;;/h2-17H2,1H3;2*2-13H2,1H3,(H,15,16);2-8H2,1,9H3;3*3H,1-2,6H2,(H,7,8)(H,9,10);3*2H2,1H3;;;;;1H/q;;;;;;;3*-1;+2;+3;2*+1;/p-4/t;;;;3*3-;;;;;;;;/m....000......../s1. The van der Waals surface area contributed by atoms with Crippen molar-refractivity contribution < 1.29 is 160 Å². The maximum absolute atomic E-state index is 10.7. The SMILES string of the molecule is CCCCCCCCCCCCCC(=O)O.CCCCCCCCCCCCCC(=O)[O-].CCCCCCCCCCCCCCCCC[C](=O)[Al+2].CCCCCCCC[SiH3].CC[O][Al]([O]CC)[O]CC.N[C@@H](CCC(=O)O)C(=O)[O-].N[C@@H](CCC(=O)O)C(=O)[O-].N[C@@H](CCC(=O)O)C(=O)[O-].[Na+].[Na+].[OH]. The molecular formula is C75H150Al2N3Na2O21Si. The summed E-state index contributed by atoms with van der Waals surface area (Å²) >= 11 is 0.533. The molecule has 1 radical (unpaired) electrons. The summed E-state index contributed by atoms with van der Waals surface area (Å²) in [5.41, 5.74) is 14.8. The Balaban J connectivity index is -0.000000107. The Bertz CT molecular complexity index is 1700. The molecule has 29 heteroatoms. The second kappa shape index (κ2) is 110. The summed E-state index contributed by atoms with van der Waals surface area (Å²) in [4.78, 5) is 90.4. The van der Waals surface area contributed by atoms with E-state index in [9.17, 15) is 63.6 Å². The van der Waals surface area contributed by atoms with Gasteiger partial charge in [0.25, 0.3) is 0 Å². The summed E-state index contributed by atoms with van der Waals surface area (Å²) in [5.74, 6) is -8.99. The molecule has 0 bridgehead atoms. The summed E-state index contributed by atoms with van der Waals surface area (Å²) < 4.78 is 15.9. The Hall–Kier alpha value is -1.57. The zero-order valence-corrected chi connectivity index (χ0v) is 75.8. The zero-order valence-electron chi connectivity index (χ0n) is 67.5. The van der Waals surface area contributed by atoms with Crippen LogP contribution in [-0.2, 0) is 54.5 Å². The maximum atomic E-state index is 10.7. The first-order chi connectivity index (χ1) is 48.2. The number of carboxylic acid groups (broad SMARTS) is 8. The first kappa shape index (κ1) is 126. The molecular weight excluding hydrogens is 1410 g/mol. The Morgan fingerprint density at radius 2 is 0.510 bits per heavy atom. The van der Waals surface area contributed by atoms with E-state index < -0.39 is 81.0 Å². The van der Waals surface area contributed by atoms with Crippen LogP contribution in [0, 0.1) is 0 Å². The third kappa shape index (κ3) is 143. The van der Waals surface area contributed by atoms with Crippen LogP contribution in [0.5, 0.6) is 0 Å². The van der Waals surface area contributed by atoms with E-state index in [1.807, 2.05) is 20.8 Å². The zero-order chi connectivity index (χ0) is 78.2. The quantitative estimate of drug-likeness (QED) is 0.0294. The van der Waals surface area contributed by atoms with E-state index in [-0.39, 0.29) is 114 Å². The molecule has 0 rings (SSSR count). The number of unbranched alkanes of at least 4 members (excludes halogenated alkanes) is 39. The molecule has 0 aromatic carbocycles. The van der Waals surface area contributed by atoms with Gasteiger partial charge in [0.2, 0.25) is 0 Å². The fraction of sp³-hybridized carbons (Fsp3) is 0.880. The van der Waals surface area contributed by atoms with E-state index in [0.29, 0.717) is 26.2 Å². The molecule has 24 nitrogen and oxygen atoms in total. The van der Waals surface area contributed by atoms with Crippen molar-refractivity contribution in [3.8, 4) is 0 Å². The van der Waals surface area contributed by atoms with Crippen LogP contribution >= 0.6 is 0 Å². The summed E-state index contributed by atoms with van der Waals surface area (Å²) in [6.07, 6.45) is 57.6. The van der Waals surface area contributed by atoms with Gasteiger partial charge in [0.15, 0.2) is 0 Å². The first-order valence-electron chi connectivity index (χ1n) is 39.3. The van der Waals surface area contributed by atoms with Gasteiger partial charge in [-0.2, -0.15) is 0 Å². The molecule has 0 saturated heterocycles. The molecule has 3 atom stereocenters. The summed E-state index contributed by atoms with van der Waals surface area (Å²) in [6, 6.07) is -2.00. The van der Waals surface area contributed by atoms with Crippen LogP contribution in [0.15, 0.2) is 0 Å². The van der Waals surface area contributed by atoms with Crippen molar-refractivity contribution in [1.82, 2.24) is 0 Å². The number of hydrogen-bond acceptors (Lipinski definition) is 19. The van der Waals surface area contributed by atoms with Gasteiger partial charge in [-0.05, 0) is 59.3 Å². The fourth-order valence-electron chi connectivity index (χ4n) is 9.32. The van der Waals surface area contributed by atoms with E-state index in [2.05, 4.69) is 44.0 Å². The fourth-order valence-corrected chi connectivity index (χ4v) is 11.1. The largest absolute Gasteiger partial charge is 1.00 e. The number of hydrogen-bond donors (Lipinski definition) is 8. The monoisotopic (exact) mass is 1560 g/mol. The predicted molar refractivity (Wildman–Crippen MR) is 405 cm³/mol. The molecule has 11 N–H and O–H groups in total. The number of nitrogens with two attached hydrogens (primary N) is 3. The third-order valence-electron chi connectivity index (χ3n) is 15.5. The van der Waals surface area contributed by atoms with Crippen LogP contribution in [0.4, 0.5) is 0 Å². The van der Waals surface area contributed by atoms with E-state index in [4.69, 9.17) is 49.0 Å². The van der Waals surface area contributed by atoms with Crippen LogP contribution in [0.25, 0.3) is 0 Å². The normalized spacial score (nSPS) is 10.8. The van der Waals surface area contributed by atoms with Crippen LogP contribution in [-0.4, -0.2) is 158 Å². The summed E-state index contributed by atoms with van der Waals surface area (Å²) in [6.45, 7) is 16.9. The van der Waals surface area contributed by atoms with Crippen LogP contribution < -0.4 is 96.7 Å². The Morgan fingerprint density at radius 1 is 0.327 bits per heavy atom. The molecule has 0 aromatic heterocycles. The van der Waals surface area contributed by atoms with Crippen LogP contribution in [0.3, 0.4) is 0 Å². The molecule has 0 heterocycles. The van der Waals surface area contributed by atoms with Gasteiger partial charge in [-0.1, -0.05) is 233 Å². The molecule has 0 amide bonds. The Morgan fingerprint density at radius 3 is 0.673 bits per heavy atom. The van der Waals surface area contributed by atoms with Crippen molar-refractivity contribution >= 4 is 94.1 Å². The van der Waals surface area contributed by atoms with E-state index >= 15 is 0 Å². The maximum Gasteiger partial charge on any atom is 1.00 e. The van der Waals surface area contributed by atoms with Gasteiger partial charge in [0.1, 0.15) is 0 Å². The average Bonchev–Trinajstić information content (AvgIpc) is 1.20. The van der Waals surface area contributed by atoms with Crippen molar-refractivity contribution in [3.63, 3.8) is 0 Å². The number of rotatable bonds is 64. The van der Waals surface area contributed by atoms with Gasteiger partial charge >= 0.3 is 195 Å². The second-order valence-corrected chi connectivity index (χ2v) is 28.7. The smallest absolute Gasteiger partial charge is 0.548 e. The summed E-state index contributed by atoms with van der Waals surface area (Å²) in [5, 5.41) is 72.5. The van der Waals surface area contributed by atoms with E-state index in [0.717, 1.165) is 38.5 Å². The van der Waals surface area contributed by atoms with Crippen molar-refractivity contribution in [3.05, 3.63) is 0 Å². The minimum atomic E-state index is -1.73. The van der Waals surface area contributed by atoms with Gasteiger partial charge in [-0.3, -0.25) is 24.7 Å². The molecule has 0 unspecified atom stereocenters. The van der Waals surface area contributed by atoms with Crippen molar-refractivity contribution in [2.75, 3.05) is 19.8 Å². The molecule has 0 aromatic rings. The van der Waals surface area contributed by atoms with Gasteiger partial charge in [-0.25, -0.2) is 0 Å². The van der Waals surface area contributed by atoms with Crippen molar-refractivity contribution in [2.24, 2.45) is 17.2 Å². The van der Waals surface area contributed by atoms with Crippen molar-refractivity contribution in [1.29, 1.82) is 0 Å². The van der Waals surface area contributed by atoms with Crippen LogP contribution in [0.1, 0.15) is 382 Å². The van der Waals surface area contributed by atoms with Gasteiger partial charge < -0.3 is 88.6 Å². The molecule has 0 fully saturated rings. The van der Waals surface area contributed by atoms with Gasteiger partial charge in [0, 0.05) is 79.8 Å². The third-order valence-corrected chi connectivity index (χ3v) is 18.3. The molecule has 603 valence electrons. The average molecular weight is 1560 g/mol. The second-order valence-electron chi connectivity index (χ2n) is 25.5. The topological polar surface area (TPSA) is 463 Å². The minimum absolute atomic E-state index is 0. The molecule has 0 aliphatic rings. The molecule has 0 saturated carbocycles. The van der Waals surface area contributed by atoms with E-state index in [1.165, 1.54) is 260 Å². The van der Waals surface area contributed by atoms with Gasteiger partial charge in [0.05, 0.1) is 17.9 Å². The predicted octanol–water partition coefficient (Wildman–Crippen LogP) is 4.98. The van der Waals surface area contributed by atoms with Crippen LogP contribution in [0.2, 0.25) is 6.04 Å². The van der Waals surface area contributed by atoms with E-state index in [1.54, 1.807) is 0 Å². The van der Waals surface area contributed by atoms with Crippen molar-refractivity contribution in [2.45, 2.75) is 407 Å². The number of carbonyl (C=O) groups excluding carboxylic acids is 5. The number of carboxylic acids is 8. The number of aliphatic carboxylic acids is 8.